The van der Waals surface area contributed by atoms with Crippen LogP contribution in [0.25, 0.3) is 0 Å². The topological polar surface area (TPSA) is 111 Å². The van der Waals surface area contributed by atoms with Crippen molar-refractivity contribution in [2.24, 2.45) is 0 Å². The van der Waals surface area contributed by atoms with E-state index >= 15 is 0 Å². The van der Waals surface area contributed by atoms with Crippen molar-refractivity contribution >= 4 is 39.7 Å². The summed E-state index contributed by atoms with van der Waals surface area (Å²) in [7, 11) is 0. The molecule has 9 heteroatoms. The van der Waals surface area contributed by atoms with Crippen molar-refractivity contribution in [1.29, 1.82) is 0 Å². The van der Waals surface area contributed by atoms with Gasteiger partial charge in [0.1, 0.15) is 4.88 Å². The lowest BCUT2D eigenvalue weighted by Crippen LogP contribution is -2.18. The van der Waals surface area contributed by atoms with Crippen LogP contribution < -0.4 is 10.6 Å². The van der Waals surface area contributed by atoms with Crippen LogP contribution in [0.3, 0.4) is 0 Å². The standard InChI is InChI=1S/C15H15N3O5S/c1-3-23-14(19)13-9(2)8-12(24-13)17-15(20)16-10-4-6-11(7-5-10)18(21)22/h4-8H,3H2,1-2H3,(H2,16,17,20). The first kappa shape index (κ1) is 17.4. The van der Waals surface area contributed by atoms with E-state index in [1.165, 1.54) is 24.3 Å². The molecule has 1 aromatic heterocycles. The second-order valence-electron chi connectivity index (χ2n) is 4.73. The molecule has 0 bridgehead atoms. The van der Waals surface area contributed by atoms with Crippen LogP contribution in [0.15, 0.2) is 30.3 Å². The predicted octanol–water partition coefficient (Wildman–Crippen LogP) is 3.79. The lowest BCUT2D eigenvalue weighted by molar-refractivity contribution is -0.384. The number of anilines is 2. The molecule has 0 aliphatic rings. The van der Waals surface area contributed by atoms with Gasteiger partial charge >= 0.3 is 12.0 Å². The van der Waals surface area contributed by atoms with Crippen LogP contribution in [0, 0.1) is 17.0 Å². The zero-order valence-corrected chi connectivity index (χ0v) is 13.8. The van der Waals surface area contributed by atoms with Gasteiger partial charge in [-0.2, -0.15) is 0 Å². The number of urea groups is 1. The number of carbonyl (C=O) groups excluding carboxylic acids is 2. The highest BCUT2D eigenvalue weighted by Gasteiger charge is 2.16. The second kappa shape index (κ2) is 7.55. The molecule has 0 unspecified atom stereocenters. The van der Waals surface area contributed by atoms with Crippen molar-refractivity contribution in [3.05, 3.63) is 50.9 Å². The van der Waals surface area contributed by atoms with Gasteiger partial charge in [0.15, 0.2) is 0 Å². The third-order valence-electron chi connectivity index (χ3n) is 2.95. The Morgan fingerprint density at radius 3 is 2.50 bits per heavy atom. The molecule has 1 heterocycles. The van der Waals surface area contributed by atoms with E-state index in [1.54, 1.807) is 19.9 Å². The smallest absolute Gasteiger partial charge is 0.348 e. The number of rotatable bonds is 5. The fourth-order valence-corrected chi connectivity index (χ4v) is 2.85. The summed E-state index contributed by atoms with van der Waals surface area (Å²) in [6.07, 6.45) is 0. The van der Waals surface area contributed by atoms with Crippen LogP contribution in [-0.2, 0) is 4.74 Å². The minimum absolute atomic E-state index is 0.0612. The fourth-order valence-electron chi connectivity index (χ4n) is 1.88. The monoisotopic (exact) mass is 349 g/mol. The first-order valence-electron chi connectivity index (χ1n) is 7.00. The van der Waals surface area contributed by atoms with Crippen LogP contribution in [0.4, 0.5) is 21.2 Å². The quantitative estimate of drug-likeness (QED) is 0.485. The Morgan fingerprint density at radius 1 is 1.25 bits per heavy atom. The molecule has 0 aliphatic carbocycles. The number of amides is 2. The van der Waals surface area contributed by atoms with Gasteiger partial charge < -0.3 is 10.1 Å². The highest BCUT2D eigenvalue weighted by atomic mass is 32.1. The SMILES string of the molecule is CCOC(=O)c1sc(NC(=O)Nc2ccc([N+](=O)[O-])cc2)cc1C. The van der Waals surface area contributed by atoms with Crippen LogP contribution in [-0.4, -0.2) is 23.5 Å². The zero-order chi connectivity index (χ0) is 17.7. The van der Waals surface area contributed by atoms with Gasteiger partial charge in [-0.3, -0.25) is 15.4 Å². The van der Waals surface area contributed by atoms with Gasteiger partial charge in [0.25, 0.3) is 5.69 Å². The summed E-state index contributed by atoms with van der Waals surface area (Å²) in [6, 6.07) is 6.61. The summed E-state index contributed by atoms with van der Waals surface area (Å²) in [5.74, 6) is -0.427. The third kappa shape index (κ3) is 4.29. The lowest BCUT2D eigenvalue weighted by atomic mass is 10.3. The average molecular weight is 349 g/mol. The Kier molecular flexibility index (Phi) is 5.48. The molecule has 2 rings (SSSR count). The molecule has 0 spiro atoms. The maximum atomic E-state index is 12.0. The normalized spacial score (nSPS) is 10.1. The number of nitro benzene ring substituents is 1. The number of hydrogen-bond acceptors (Lipinski definition) is 6. The van der Waals surface area contributed by atoms with E-state index in [2.05, 4.69) is 10.6 Å². The third-order valence-corrected chi connectivity index (χ3v) is 4.08. The molecule has 0 atom stereocenters. The summed E-state index contributed by atoms with van der Waals surface area (Å²) >= 11 is 1.12. The van der Waals surface area contributed by atoms with E-state index in [9.17, 15) is 19.7 Å². The minimum Gasteiger partial charge on any atom is -0.462 e. The summed E-state index contributed by atoms with van der Waals surface area (Å²) in [5.41, 5.74) is 1.06. The number of non-ortho nitro benzene ring substituents is 1. The Labute approximate surface area is 141 Å². The van der Waals surface area contributed by atoms with Crippen molar-refractivity contribution in [3.63, 3.8) is 0 Å². The number of nitrogens with zero attached hydrogens (tertiary/aromatic N) is 1. The number of benzene rings is 1. The van der Waals surface area contributed by atoms with E-state index in [4.69, 9.17) is 4.74 Å². The molecule has 0 aliphatic heterocycles. The summed E-state index contributed by atoms with van der Waals surface area (Å²) in [4.78, 5) is 34.2. The number of aryl methyl sites for hydroxylation is 1. The Balaban J connectivity index is 2.01. The number of nitro groups is 1. The van der Waals surface area contributed by atoms with Crippen LogP contribution in [0.5, 0.6) is 0 Å². The minimum atomic E-state index is -0.519. The van der Waals surface area contributed by atoms with Gasteiger partial charge in [0.2, 0.25) is 0 Å². The molecule has 24 heavy (non-hydrogen) atoms. The number of nitrogens with one attached hydrogen (secondary N) is 2. The lowest BCUT2D eigenvalue weighted by Gasteiger charge is -2.05. The molecule has 1 aromatic carbocycles. The van der Waals surface area contributed by atoms with Gasteiger partial charge in [-0.15, -0.1) is 11.3 Å². The molecular formula is C15H15N3O5S. The van der Waals surface area contributed by atoms with E-state index in [-0.39, 0.29) is 12.3 Å². The van der Waals surface area contributed by atoms with Crippen LogP contribution in [0.2, 0.25) is 0 Å². The van der Waals surface area contributed by atoms with Gasteiger partial charge in [-0.25, -0.2) is 9.59 Å². The van der Waals surface area contributed by atoms with Crippen LogP contribution in [0.1, 0.15) is 22.2 Å². The van der Waals surface area contributed by atoms with E-state index in [0.29, 0.717) is 21.1 Å². The number of thiophene rings is 1. The largest absolute Gasteiger partial charge is 0.462 e. The van der Waals surface area contributed by atoms with Gasteiger partial charge in [0, 0.05) is 17.8 Å². The molecule has 0 radical (unpaired) electrons. The average Bonchev–Trinajstić information content (AvgIpc) is 2.88. The maximum absolute atomic E-state index is 12.0. The van der Waals surface area contributed by atoms with Crippen LogP contribution >= 0.6 is 11.3 Å². The number of carbonyl (C=O) groups is 2. The molecule has 0 fully saturated rings. The van der Waals surface area contributed by atoms with Crippen molar-refractivity contribution in [2.75, 3.05) is 17.2 Å². The molecular weight excluding hydrogens is 334 g/mol. The molecule has 0 saturated heterocycles. The molecule has 0 saturated carbocycles. The highest BCUT2D eigenvalue weighted by molar-refractivity contribution is 7.18. The Hall–Kier alpha value is -2.94. The summed E-state index contributed by atoms with van der Waals surface area (Å²) < 4.78 is 4.94. The molecule has 126 valence electrons. The number of esters is 1. The van der Waals surface area contributed by atoms with Gasteiger partial charge in [0.05, 0.1) is 16.5 Å². The Morgan fingerprint density at radius 2 is 1.92 bits per heavy atom. The first-order valence-corrected chi connectivity index (χ1v) is 7.82. The number of ether oxygens (including phenoxy) is 1. The second-order valence-corrected chi connectivity index (χ2v) is 5.78. The van der Waals surface area contributed by atoms with E-state index in [0.717, 1.165) is 11.3 Å². The molecule has 8 nitrogen and oxygen atoms in total. The molecule has 2 N–H and O–H groups in total. The maximum Gasteiger partial charge on any atom is 0.348 e. The van der Waals surface area contributed by atoms with E-state index in [1.807, 2.05) is 0 Å². The zero-order valence-electron chi connectivity index (χ0n) is 13.0. The van der Waals surface area contributed by atoms with E-state index < -0.39 is 16.9 Å². The van der Waals surface area contributed by atoms with Crippen molar-refractivity contribution in [2.45, 2.75) is 13.8 Å². The Bertz CT molecular complexity index is 770. The summed E-state index contributed by atoms with van der Waals surface area (Å²) in [5, 5.41) is 16.2. The summed E-state index contributed by atoms with van der Waals surface area (Å²) in [6.45, 7) is 3.75. The van der Waals surface area contributed by atoms with Crippen molar-refractivity contribution in [3.8, 4) is 0 Å². The fraction of sp³-hybridized carbons (Fsp3) is 0.200. The predicted molar refractivity (Wildman–Crippen MR) is 90.8 cm³/mol. The van der Waals surface area contributed by atoms with Crippen molar-refractivity contribution in [1.82, 2.24) is 0 Å². The van der Waals surface area contributed by atoms with Gasteiger partial charge in [-0.1, -0.05) is 0 Å². The highest BCUT2D eigenvalue weighted by Crippen LogP contribution is 2.27. The first-order chi connectivity index (χ1) is 11.4. The molecule has 2 amide bonds. The van der Waals surface area contributed by atoms with Crippen molar-refractivity contribution < 1.29 is 19.2 Å². The molecule has 2 aromatic rings. The number of hydrogen-bond donors (Lipinski definition) is 2. The van der Waals surface area contributed by atoms with Gasteiger partial charge in [-0.05, 0) is 37.6 Å².